The molecule has 4 rings (SSSR count). The number of esters is 1. The lowest BCUT2D eigenvalue weighted by Crippen LogP contribution is -2.12. The van der Waals surface area contributed by atoms with Crippen LogP contribution >= 0.6 is 0 Å². The minimum Gasteiger partial charge on any atom is -0.465 e. The molecule has 168 valence electrons. The molecule has 0 unspecified atom stereocenters. The van der Waals surface area contributed by atoms with Gasteiger partial charge in [-0.15, -0.1) is 0 Å². The molecule has 0 radical (unpaired) electrons. The maximum absolute atomic E-state index is 12.4. The maximum atomic E-state index is 12.4. The summed E-state index contributed by atoms with van der Waals surface area (Å²) in [7, 11) is 1.34. The van der Waals surface area contributed by atoms with E-state index in [1.54, 1.807) is 48.7 Å². The van der Waals surface area contributed by atoms with E-state index in [4.69, 9.17) is 9.26 Å². The fourth-order valence-corrected chi connectivity index (χ4v) is 3.06. The third-order valence-electron chi connectivity index (χ3n) is 4.71. The van der Waals surface area contributed by atoms with Crippen molar-refractivity contribution in [3.05, 3.63) is 95.5 Å². The van der Waals surface area contributed by atoms with Crippen LogP contribution in [0.15, 0.2) is 77.4 Å². The van der Waals surface area contributed by atoms with E-state index in [1.165, 1.54) is 7.11 Å². The molecular formula is C26H20N4O4. The van der Waals surface area contributed by atoms with Crippen LogP contribution < -0.4 is 5.32 Å². The second kappa shape index (κ2) is 10.7. The Morgan fingerprint density at radius 1 is 1.00 bits per heavy atom. The van der Waals surface area contributed by atoms with Crippen LogP contribution in [0.5, 0.6) is 0 Å². The number of nitrogens with one attached hydrogen (secondary N) is 1. The molecule has 2 aromatic heterocycles. The first-order valence-corrected chi connectivity index (χ1v) is 10.4. The first-order chi connectivity index (χ1) is 16.6. The molecule has 2 heterocycles. The highest BCUT2D eigenvalue weighted by Crippen LogP contribution is 2.14. The Morgan fingerprint density at radius 2 is 1.79 bits per heavy atom. The fourth-order valence-electron chi connectivity index (χ4n) is 3.06. The van der Waals surface area contributed by atoms with Gasteiger partial charge in [0.15, 0.2) is 0 Å². The molecule has 1 N–H and O–H groups in total. The molecule has 8 nitrogen and oxygen atoms in total. The summed E-state index contributed by atoms with van der Waals surface area (Å²) in [6.07, 6.45) is 2.14. The molecule has 34 heavy (non-hydrogen) atoms. The summed E-state index contributed by atoms with van der Waals surface area (Å²) in [6.45, 7) is 0. The number of amides is 1. The minimum atomic E-state index is -0.415. The van der Waals surface area contributed by atoms with E-state index < -0.39 is 5.97 Å². The van der Waals surface area contributed by atoms with Crippen molar-refractivity contribution in [3.8, 4) is 23.4 Å². The van der Waals surface area contributed by atoms with Crippen molar-refractivity contribution in [1.29, 1.82) is 0 Å². The van der Waals surface area contributed by atoms with Crippen LogP contribution in [0.4, 0.5) is 5.69 Å². The molecule has 0 aliphatic rings. The Bertz CT molecular complexity index is 1370. The summed E-state index contributed by atoms with van der Waals surface area (Å²) in [6, 6.07) is 19.5. The van der Waals surface area contributed by atoms with E-state index in [0.717, 1.165) is 5.56 Å². The minimum absolute atomic E-state index is 0.181. The zero-order valence-electron chi connectivity index (χ0n) is 18.3. The van der Waals surface area contributed by atoms with E-state index in [0.29, 0.717) is 40.6 Å². The number of nitrogens with zero attached hydrogens (tertiary/aromatic N) is 3. The molecule has 0 spiro atoms. The standard InChI is InChI=1S/C26H20N4O4/c1-33-26(32)20-8-4-6-18(16-20)11-12-19-7-5-9-21(17-19)28-23(31)13-14-24-29-25(30-34-24)22-10-2-3-15-27-22/h2-10,15-17H,13-14H2,1H3,(H,28,31). The Hall–Kier alpha value is -4.77. The van der Waals surface area contributed by atoms with Crippen LogP contribution in [0, 0.1) is 11.8 Å². The van der Waals surface area contributed by atoms with Crippen LogP contribution in [0.1, 0.15) is 33.8 Å². The molecule has 0 saturated carbocycles. The van der Waals surface area contributed by atoms with Crippen molar-refractivity contribution >= 4 is 17.6 Å². The van der Waals surface area contributed by atoms with Crippen molar-refractivity contribution in [2.45, 2.75) is 12.8 Å². The van der Waals surface area contributed by atoms with Crippen LogP contribution in [-0.4, -0.2) is 34.1 Å². The van der Waals surface area contributed by atoms with Crippen LogP contribution in [0.3, 0.4) is 0 Å². The Labute approximate surface area is 196 Å². The van der Waals surface area contributed by atoms with Crippen molar-refractivity contribution < 1.29 is 18.8 Å². The van der Waals surface area contributed by atoms with Gasteiger partial charge < -0.3 is 14.6 Å². The van der Waals surface area contributed by atoms with Gasteiger partial charge in [-0.1, -0.05) is 35.2 Å². The lowest BCUT2D eigenvalue weighted by atomic mass is 10.1. The number of aryl methyl sites for hydroxylation is 1. The smallest absolute Gasteiger partial charge is 0.337 e. The van der Waals surface area contributed by atoms with Gasteiger partial charge in [-0.3, -0.25) is 9.78 Å². The summed E-state index contributed by atoms with van der Waals surface area (Å²) < 4.78 is 9.95. The Morgan fingerprint density at radius 3 is 2.56 bits per heavy atom. The third-order valence-corrected chi connectivity index (χ3v) is 4.71. The second-order valence-electron chi connectivity index (χ2n) is 7.18. The highest BCUT2D eigenvalue weighted by atomic mass is 16.5. The van der Waals surface area contributed by atoms with Crippen LogP contribution in [-0.2, 0) is 16.0 Å². The highest BCUT2D eigenvalue weighted by molar-refractivity contribution is 5.91. The van der Waals surface area contributed by atoms with E-state index in [9.17, 15) is 9.59 Å². The monoisotopic (exact) mass is 452 g/mol. The van der Waals surface area contributed by atoms with Gasteiger partial charge in [0.2, 0.25) is 17.6 Å². The SMILES string of the molecule is COC(=O)c1cccc(C#Cc2cccc(NC(=O)CCc3nc(-c4ccccn4)no3)c2)c1. The number of anilines is 1. The Kier molecular flexibility index (Phi) is 7.06. The van der Waals surface area contributed by atoms with Gasteiger partial charge in [0.1, 0.15) is 5.69 Å². The summed E-state index contributed by atoms with van der Waals surface area (Å²) in [5.74, 6) is 6.21. The molecular weight excluding hydrogens is 432 g/mol. The summed E-state index contributed by atoms with van der Waals surface area (Å²) in [5.41, 5.74) is 3.07. The van der Waals surface area contributed by atoms with Crippen LogP contribution in [0.25, 0.3) is 11.5 Å². The average molecular weight is 452 g/mol. The van der Waals surface area contributed by atoms with Gasteiger partial charge in [-0.25, -0.2) is 4.79 Å². The number of pyridine rings is 1. The number of carbonyl (C=O) groups is 2. The first kappa shape index (κ1) is 22.4. The number of methoxy groups -OCH3 is 1. The molecule has 0 fully saturated rings. The number of hydrogen-bond acceptors (Lipinski definition) is 7. The second-order valence-corrected chi connectivity index (χ2v) is 7.18. The predicted octanol–water partition coefficient (Wildman–Crippen LogP) is 3.89. The van der Waals surface area contributed by atoms with Crippen molar-refractivity contribution in [2.24, 2.45) is 0 Å². The molecule has 1 amide bonds. The zero-order chi connectivity index (χ0) is 23.8. The first-order valence-electron chi connectivity index (χ1n) is 10.4. The summed E-state index contributed by atoms with van der Waals surface area (Å²) >= 11 is 0. The van der Waals surface area contributed by atoms with Crippen molar-refractivity contribution in [3.63, 3.8) is 0 Å². The molecule has 2 aromatic carbocycles. The topological polar surface area (TPSA) is 107 Å². The molecule has 0 saturated heterocycles. The largest absolute Gasteiger partial charge is 0.465 e. The normalized spacial score (nSPS) is 10.1. The third kappa shape index (κ3) is 5.93. The van der Waals surface area contributed by atoms with Gasteiger partial charge >= 0.3 is 5.97 Å². The Balaban J connectivity index is 1.35. The average Bonchev–Trinajstić information content (AvgIpc) is 3.36. The predicted molar refractivity (Wildman–Crippen MR) is 125 cm³/mol. The van der Waals surface area contributed by atoms with E-state index in [-0.39, 0.29) is 12.3 Å². The van der Waals surface area contributed by atoms with Crippen molar-refractivity contribution in [1.82, 2.24) is 15.1 Å². The summed E-state index contributed by atoms with van der Waals surface area (Å²) in [4.78, 5) is 32.5. The quantitative estimate of drug-likeness (QED) is 0.349. The van der Waals surface area contributed by atoms with Crippen molar-refractivity contribution in [2.75, 3.05) is 12.4 Å². The van der Waals surface area contributed by atoms with E-state index in [1.807, 2.05) is 24.3 Å². The number of benzene rings is 2. The van der Waals surface area contributed by atoms with Gasteiger partial charge in [0.05, 0.1) is 12.7 Å². The number of aromatic nitrogens is 3. The van der Waals surface area contributed by atoms with E-state index >= 15 is 0 Å². The molecule has 4 aromatic rings. The van der Waals surface area contributed by atoms with E-state index in [2.05, 4.69) is 32.3 Å². The number of carbonyl (C=O) groups excluding carboxylic acids is 2. The number of rotatable bonds is 6. The lowest BCUT2D eigenvalue weighted by Gasteiger charge is -2.04. The van der Waals surface area contributed by atoms with Crippen LogP contribution in [0.2, 0.25) is 0 Å². The number of hydrogen-bond donors (Lipinski definition) is 1. The molecule has 0 aliphatic carbocycles. The molecule has 0 atom stereocenters. The maximum Gasteiger partial charge on any atom is 0.337 e. The molecule has 0 aliphatic heterocycles. The number of ether oxygens (including phenoxy) is 1. The van der Waals surface area contributed by atoms with Gasteiger partial charge in [-0.05, 0) is 48.5 Å². The zero-order valence-corrected chi connectivity index (χ0v) is 18.3. The molecule has 0 bridgehead atoms. The van der Waals surface area contributed by atoms with Gasteiger partial charge in [0.25, 0.3) is 0 Å². The highest BCUT2D eigenvalue weighted by Gasteiger charge is 2.11. The van der Waals surface area contributed by atoms with Gasteiger partial charge in [-0.2, -0.15) is 4.98 Å². The fraction of sp³-hybridized carbons (Fsp3) is 0.115. The lowest BCUT2D eigenvalue weighted by molar-refractivity contribution is -0.116. The molecule has 8 heteroatoms. The van der Waals surface area contributed by atoms with Gasteiger partial charge in [0, 0.05) is 35.9 Å². The summed E-state index contributed by atoms with van der Waals surface area (Å²) in [5, 5.41) is 6.75.